The first kappa shape index (κ1) is 32.9. The fourth-order valence-corrected chi connectivity index (χ4v) is 8.36. The van der Waals surface area contributed by atoms with E-state index in [2.05, 4.69) is 6.92 Å². The highest BCUT2D eigenvalue weighted by Crippen LogP contribution is 2.51. The van der Waals surface area contributed by atoms with E-state index >= 15 is 8.78 Å². The summed E-state index contributed by atoms with van der Waals surface area (Å²) in [7, 11) is 0. The largest absolute Gasteiger partial charge is 0.458 e. The molecule has 3 fully saturated rings. The van der Waals surface area contributed by atoms with Gasteiger partial charge >= 0.3 is 12.3 Å². The predicted octanol–water partition coefficient (Wildman–Crippen LogP) is 11.6. The zero-order valence-corrected chi connectivity index (χ0v) is 25.4. The van der Waals surface area contributed by atoms with Crippen molar-refractivity contribution in [2.45, 2.75) is 116 Å². The van der Waals surface area contributed by atoms with Crippen LogP contribution in [0.3, 0.4) is 0 Å². The molecule has 5 rings (SSSR count). The molecule has 3 aliphatic rings. The molecular formula is C36H43F7O. The Hall–Kier alpha value is -2.43. The van der Waals surface area contributed by atoms with Gasteiger partial charge in [-0.2, -0.15) is 22.0 Å². The highest BCUT2D eigenvalue weighted by atomic mass is 19.4. The van der Waals surface area contributed by atoms with Gasteiger partial charge in [0.05, 0.1) is 11.5 Å². The first-order chi connectivity index (χ1) is 20.9. The molecule has 2 aromatic carbocycles. The lowest BCUT2D eigenvalue weighted by atomic mass is 9.60. The second kappa shape index (κ2) is 13.9. The molecule has 0 saturated heterocycles. The van der Waals surface area contributed by atoms with Crippen molar-refractivity contribution in [3.05, 3.63) is 41.5 Å². The number of unbranched alkanes of at least 4 members (excludes halogenated alkanes) is 3. The molecule has 4 unspecified atom stereocenters. The van der Waals surface area contributed by atoms with Crippen LogP contribution in [-0.4, -0.2) is 12.3 Å². The van der Waals surface area contributed by atoms with Crippen LogP contribution in [0.2, 0.25) is 0 Å². The molecule has 0 aliphatic heterocycles. The summed E-state index contributed by atoms with van der Waals surface area (Å²) in [5, 5.41) is -0.333. The summed E-state index contributed by atoms with van der Waals surface area (Å²) in [6.07, 6.45) is 8.32. The SMILES string of the molecule is CCCCCCC1CCC2CC(C3CCC(C(F)(F)Oc4ccc5c(F)c(C#CC(F)(F)F)c(F)cc5c4)CC3)CCC2C1. The lowest BCUT2D eigenvalue weighted by Gasteiger charge is -2.45. The maximum absolute atomic E-state index is 15.3. The Kier molecular flexibility index (Phi) is 10.4. The van der Waals surface area contributed by atoms with E-state index < -0.39 is 35.4 Å². The molecular weight excluding hydrogens is 581 g/mol. The molecule has 0 bridgehead atoms. The Labute approximate surface area is 256 Å². The smallest absolute Gasteiger partial charge is 0.432 e. The van der Waals surface area contributed by atoms with Crippen LogP contribution in [0, 0.1) is 59.0 Å². The van der Waals surface area contributed by atoms with Gasteiger partial charge in [-0.3, -0.25) is 0 Å². The van der Waals surface area contributed by atoms with Gasteiger partial charge in [0.15, 0.2) is 0 Å². The molecule has 3 saturated carbocycles. The highest BCUT2D eigenvalue weighted by molar-refractivity contribution is 5.86. The number of hydrogen-bond acceptors (Lipinski definition) is 1. The van der Waals surface area contributed by atoms with E-state index in [9.17, 15) is 22.0 Å². The Morgan fingerprint density at radius 1 is 0.773 bits per heavy atom. The molecule has 4 atom stereocenters. The summed E-state index contributed by atoms with van der Waals surface area (Å²) < 4.78 is 102. The summed E-state index contributed by atoms with van der Waals surface area (Å²) >= 11 is 0. The number of alkyl halides is 5. The third kappa shape index (κ3) is 8.04. The van der Waals surface area contributed by atoms with E-state index in [1.807, 2.05) is 0 Å². The van der Waals surface area contributed by atoms with E-state index in [0.29, 0.717) is 24.7 Å². The molecule has 0 aromatic heterocycles. The molecule has 0 amide bonds. The topological polar surface area (TPSA) is 9.23 Å². The number of halogens is 7. The summed E-state index contributed by atoms with van der Waals surface area (Å²) in [5.41, 5.74) is -1.02. The highest BCUT2D eigenvalue weighted by Gasteiger charge is 2.46. The van der Waals surface area contributed by atoms with Gasteiger partial charge < -0.3 is 4.74 Å². The average Bonchev–Trinajstić information content (AvgIpc) is 2.98. The van der Waals surface area contributed by atoms with Crippen molar-refractivity contribution in [3.63, 3.8) is 0 Å². The minimum Gasteiger partial charge on any atom is -0.432 e. The number of hydrogen-bond donors (Lipinski definition) is 0. The van der Waals surface area contributed by atoms with Crippen LogP contribution in [-0.2, 0) is 0 Å². The third-order valence-corrected chi connectivity index (χ3v) is 10.7. The van der Waals surface area contributed by atoms with Crippen molar-refractivity contribution in [1.82, 2.24) is 0 Å². The van der Waals surface area contributed by atoms with Crippen LogP contribution in [0.25, 0.3) is 10.8 Å². The minimum absolute atomic E-state index is 0.101. The fourth-order valence-electron chi connectivity index (χ4n) is 8.36. The number of fused-ring (bicyclic) bond motifs is 2. The van der Waals surface area contributed by atoms with Gasteiger partial charge in [-0.1, -0.05) is 51.4 Å². The zero-order chi connectivity index (χ0) is 31.5. The first-order valence-electron chi connectivity index (χ1n) is 16.5. The Bertz CT molecular complexity index is 1330. The second-order valence-corrected chi connectivity index (χ2v) is 13.6. The molecule has 0 N–H and O–H groups in total. The van der Waals surface area contributed by atoms with E-state index in [1.165, 1.54) is 76.5 Å². The normalized spacial score (nSPS) is 27.8. The Morgan fingerprint density at radius 2 is 1.43 bits per heavy atom. The summed E-state index contributed by atoms with van der Waals surface area (Å²) in [6.45, 7) is 2.25. The minimum atomic E-state index is -4.91. The van der Waals surface area contributed by atoms with Gasteiger partial charge in [-0.05, 0) is 117 Å². The molecule has 0 heterocycles. The average molecular weight is 625 g/mol. The fraction of sp³-hybridized carbons (Fsp3) is 0.667. The lowest BCUT2D eigenvalue weighted by molar-refractivity contribution is -0.224. The van der Waals surface area contributed by atoms with E-state index in [-0.39, 0.29) is 16.5 Å². The maximum Gasteiger partial charge on any atom is 0.458 e. The molecule has 3 aliphatic carbocycles. The van der Waals surface area contributed by atoms with Crippen molar-refractivity contribution in [1.29, 1.82) is 0 Å². The lowest BCUT2D eigenvalue weighted by Crippen LogP contribution is -2.39. The first-order valence-corrected chi connectivity index (χ1v) is 16.5. The van der Waals surface area contributed by atoms with Crippen LogP contribution < -0.4 is 4.74 Å². The van der Waals surface area contributed by atoms with Crippen LogP contribution in [0.5, 0.6) is 5.75 Å². The van der Waals surface area contributed by atoms with Gasteiger partial charge in [0.1, 0.15) is 17.4 Å². The van der Waals surface area contributed by atoms with E-state index in [4.69, 9.17) is 4.74 Å². The number of rotatable bonds is 9. The van der Waals surface area contributed by atoms with Crippen molar-refractivity contribution in [2.24, 2.45) is 35.5 Å². The predicted molar refractivity (Wildman–Crippen MR) is 158 cm³/mol. The maximum atomic E-state index is 15.3. The van der Waals surface area contributed by atoms with E-state index in [1.54, 1.807) is 0 Å². The third-order valence-electron chi connectivity index (χ3n) is 10.7. The van der Waals surface area contributed by atoms with E-state index in [0.717, 1.165) is 60.8 Å². The molecule has 1 nitrogen and oxygen atoms in total. The van der Waals surface area contributed by atoms with Gasteiger partial charge in [0, 0.05) is 11.3 Å². The van der Waals surface area contributed by atoms with Crippen molar-refractivity contribution in [2.75, 3.05) is 0 Å². The van der Waals surface area contributed by atoms with Crippen molar-refractivity contribution in [3.8, 4) is 17.6 Å². The molecule has 44 heavy (non-hydrogen) atoms. The monoisotopic (exact) mass is 624 g/mol. The Morgan fingerprint density at radius 3 is 2.14 bits per heavy atom. The summed E-state index contributed by atoms with van der Waals surface area (Å²) in [6, 6.07) is 4.09. The molecule has 242 valence electrons. The van der Waals surface area contributed by atoms with Gasteiger partial charge in [0.25, 0.3) is 0 Å². The van der Waals surface area contributed by atoms with Crippen LogP contribution in [0.15, 0.2) is 24.3 Å². The van der Waals surface area contributed by atoms with Gasteiger partial charge in [0.2, 0.25) is 0 Å². The standard InChI is InChI=1S/C36H43F7O/c1-2-3-4-5-6-23-7-8-27-20-26(10-9-25(27)19-23)24-11-13-29(14-12-24)36(42,43)44-30-15-16-31-28(21-30)22-33(37)32(34(31)38)17-18-35(39,40)41/h15-16,21-27,29H,2-14,19-20H2,1H3. The molecule has 0 spiro atoms. The Balaban J connectivity index is 1.14. The van der Waals surface area contributed by atoms with Crippen molar-refractivity contribution < 1.29 is 35.5 Å². The van der Waals surface area contributed by atoms with Crippen LogP contribution in [0.4, 0.5) is 30.7 Å². The number of benzene rings is 2. The van der Waals surface area contributed by atoms with Gasteiger partial charge in [-0.25, -0.2) is 8.78 Å². The second-order valence-electron chi connectivity index (χ2n) is 13.6. The zero-order valence-electron chi connectivity index (χ0n) is 25.4. The van der Waals surface area contributed by atoms with Crippen LogP contribution in [0.1, 0.15) is 109 Å². The number of ether oxygens (including phenoxy) is 1. The molecule has 8 heteroatoms. The van der Waals surface area contributed by atoms with Gasteiger partial charge in [-0.15, -0.1) is 0 Å². The quantitative estimate of drug-likeness (QED) is 0.153. The summed E-state index contributed by atoms with van der Waals surface area (Å²) in [5.74, 6) is 2.15. The summed E-state index contributed by atoms with van der Waals surface area (Å²) in [4.78, 5) is 0. The van der Waals surface area contributed by atoms with Crippen molar-refractivity contribution >= 4 is 10.8 Å². The van der Waals surface area contributed by atoms with Crippen LogP contribution >= 0.6 is 0 Å². The molecule has 2 aromatic rings. The molecule has 0 radical (unpaired) electrons.